The molecule has 3 aromatic rings. The van der Waals surface area contributed by atoms with Crippen molar-refractivity contribution in [3.63, 3.8) is 0 Å². The molecule has 0 heterocycles. The number of ether oxygens (including phenoxy) is 1. The van der Waals surface area contributed by atoms with E-state index in [0.29, 0.717) is 23.8 Å². The molecule has 0 aliphatic heterocycles. The van der Waals surface area contributed by atoms with E-state index in [1.54, 1.807) is 31.2 Å². The van der Waals surface area contributed by atoms with Gasteiger partial charge in [-0.2, -0.15) is 0 Å². The summed E-state index contributed by atoms with van der Waals surface area (Å²) in [6.07, 6.45) is 2.69. The molecule has 1 N–H and O–H groups in total. The van der Waals surface area contributed by atoms with Crippen LogP contribution in [0, 0.1) is 0 Å². The topological polar surface area (TPSA) is 92.8 Å². The van der Waals surface area contributed by atoms with Crippen molar-refractivity contribution in [2.75, 3.05) is 20.2 Å². The molecule has 44 heavy (non-hydrogen) atoms. The summed E-state index contributed by atoms with van der Waals surface area (Å²) in [4.78, 5) is -0.301. The largest absolute Gasteiger partial charge is 0.493 e. The number of nitrogens with one attached hydrogen (secondary N) is 1. The van der Waals surface area contributed by atoms with Gasteiger partial charge in [-0.25, -0.2) is 29.9 Å². The molecule has 3 atom stereocenters. The van der Waals surface area contributed by atoms with E-state index in [9.17, 15) is 21.2 Å². The fourth-order valence-electron chi connectivity index (χ4n) is 4.57. The van der Waals surface area contributed by atoms with Gasteiger partial charge in [0.2, 0.25) is 19.9 Å². The number of rotatable bonds is 12. The third kappa shape index (κ3) is 7.31. The lowest BCUT2D eigenvalue weighted by atomic mass is 10.0. The van der Waals surface area contributed by atoms with Crippen molar-refractivity contribution in [1.82, 2.24) is 9.62 Å². The number of hydrogen-bond acceptors (Lipinski definition) is 6. The smallest absolute Gasteiger partial charge is 0.252 e. The summed E-state index contributed by atoms with van der Waals surface area (Å²) in [5.74, 6) is -0.387. The van der Waals surface area contributed by atoms with Crippen molar-refractivity contribution in [3.05, 3.63) is 111 Å². The molecule has 0 amide bonds. The summed E-state index contributed by atoms with van der Waals surface area (Å²) >= 11 is 17.8. The van der Waals surface area contributed by atoms with Crippen LogP contribution in [0.5, 0.6) is 5.75 Å². The van der Waals surface area contributed by atoms with Crippen molar-refractivity contribution in [1.29, 1.82) is 0 Å². The Bertz CT molecular complexity index is 1790. The van der Waals surface area contributed by atoms with Crippen molar-refractivity contribution in [3.8, 4) is 5.75 Å². The molecule has 4 rings (SSSR count). The summed E-state index contributed by atoms with van der Waals surface area (Å²) in [5, 5.41) is 0.539. The Kier molecular flexibility index (Phi) is 10.8. The number of para-hydroxylation sites is 1. The lowest BCUT2D eigenvalue weighted by molar-refractivity contribution is 0.254. The third-order valence-corrected chi connectivity index (χ3v) is 12.0. The fourth-order valence-corrected chi connectivity index (χ4v) is 7.87. The quantitative estimate of drug-likeness (QED) is 0.199. The third-order valence-electron chi connectivity index (χ3n) is 7.04. The van der Waals surface area contributed by atoms with Crippen LogP contribution in [0.4, 0.5) is 8.78 Å². The Balaban J connectivity index is 1.45. The summed E-state index contributed by atoms with van der Waals surface area (Å²) in [7, 11) is -7.02. The van der Waals surface area contributed by atoms with Gasteiger partial charge in [0.1, 0.15) is 11.6 Å². The van der Waals surface area contributed by atoms with Crippen molar-refractivity contribution in [2.24, 2.45) is 0 Å². The van der Waals surface area contributed by atoms with E-state index < -0.39 is 42.8 Å². The zero-order valence-corrected chi connectivity index (χ0v) is 27.5. The van der Waals surface area contributed by atoms with Crippen LogP contribution in [0.3, 0.4) is 0 Å². The van der Waals surface area contributed by atoms with Gasteiger partial charge in [-0.1, -0.05) is 53.0 Å². The maximum absolute atomic E-state index is 16.5. The van der Waals surface area contributed by atoms with Crippen molar-refractivity contribution >= 4 is 54.7 Å². The monoisotopic (exact) mass is 704 g/mol. The Morgan fingerprint density at radius 2 is 1.64 bits per heavy atom. The average molecular weight is 706 g/mol. The van der Waals surface area contributed by atoms with E-state index in [-0.39, 0.29) is 38.0 Å². The maximum Gasteiger partial charge on any atom is 0.252 e. The van der Waals surface area contributed by atoms with Crippen LogP contribution in [0.1, 0.15) is 24.9 Å². The van der Waals surface area contributed by atoms with Crippen LogP contribution < -0.4 is 10.1 Å². The molecule has 0 bridgehead atoms. The van der Waals surface area contributed by atoms with E-state index >= 15 is 4.39 Å². The minimum atomic E-state index is -4.64. The van der Waals surface area contributed by atoms with E-state index in [0.717, 1.165) is 12.2 Å². The van der Waals surface area contributed by atoms with Crippen LogP contribution in [0.25, 0.3) is 0 Å². The zero-order valence-electron chi connectivity index (χ0n) is 23.6. The molecule has 0 saturated heterocycles. The summed E-state index contributed by atoms with van der Waals surface area (Å²) < 4.78 is 90.5. The summed E-state index contributed by atoms with van der Waals surface area (Å²) in [6.45, 7) is 1.92. The minimum absolute atomic E-state index is 0.00521. The van der Waals surface area contributed by atoms with E-state index in [4.69, 9.17) is 39.5 Å². The molecule has 3 aromatic carbocycles. The van der Waals surface area contributed by atoms with Crippen LogP contribution in [-0.4, -0.2) is 52.4 Å². The molecular formula is C30H29Cl3F2N2O5S2. The number of alkyl halides is 1. The van der Waals surface area contributed by atoms with Crippen LogP contribution in [0.2, 0.25) is 15.1 Å². The first kappa shape index (κ1) is 34.4. The van der Waals surface area contributed by atoms with Crippen LogP contribution >= 0.6 is 34.8 Å². The lowest BCUT2D eigenvalue weighted by Crippen LogP contribution is -2.52. The lowest BCUT2D eigenvalue weighted by Gasteiger charge is -2.34. The Hall–Kier alpha value is -2.51. The van der Waals surface area contributed by atoms with Gasteiger partial charge >= 0.3 is 0 Å². The highest BCUT2D eigenvalue weighted by atomic mass is 35.5. The number of nitrogens with zero attached hydrogens (tertiary/aromatic N) is 1. The maximum atomic E-state index is 16.5. The van der Waals surface area contributed by atoms with Gasteiger partial charge in [0.05, 0.1) is 32.5 Å². The number of allylic oxidation sites excluding steroid dienone is 2. The second kappa shape index (κ2) is 13.9. The predicted molar refractivity (Wildman–Crippen MR) is 169 cm³/mol. The second-order valence-corrected chi connectivity index (χ2v) is 15.4. The zero-order chi connectivity index (χ0) is 32.3. The first-order valence-electron chi connectivity index (χ1n) is 13.3. The first-order chi connectivity index (χ1) is 20.7. The highest BCUT2D eigenvalue weighted by Gasteiger charge is 2.51. The van der Waals surface area contributed by atoms with Gasteiger partial charge in [-0.15, -0.1) is 0 Å². The van der Waals surface area contributed by atoms with Crippen molar-refractivity contribution in [2.45, 2.75) is 40.2 Å². The normalized spacial score (nSPS) is 19.5. The number of halogens is 5. The molecule has 1 aliphatic carbocycles. The predicted octanol–water partition coefficient (Wildman–Crippen LogP) is 7.32. The highest BCUT2D eigenvalue weighted by Crippen LogP contribution is 2.38. The number of sulfonamides is 1. The summed E-state index contributed by atoms with van der Waals surface area (Å²) in [5.41, 5.74) is 0.555. The number of hydrogen-bond donors (Lipinski definition) is 1. The first-order valence-corrected chi connectivity index (χ1v) is 17.4. The Morgan fingerprint density at radius 3 is 2.32 bits per heavy atom. The van der Waals surface area contributed by atoms with Gasteiger partial charge in [0, 0.05) is 30.2 Å². The summed E-state index contributed by atoms with van der Waals surface area (Å²) in [6, 6.07) is 13.7. The molecule has 236 valence electrons. The van der Waals surface area contributed by atoms with Gasteiger partial charge < -0.3 is 4.74 Å². The average Bonchev–Trinajstić information content (AvgIpc) is 2.98. The fraction of sp³-hybridized carbons (Fsp3) is 0.267. The SMILES string of the molecule is CC(NC1C=C(F)C=CC1(F)S(=O)(=O)c1ccc(Cl)cc1)c1ccccc1OCCCN(C)S(=O)(=O)c1ccc(Cl)c(Cl)c1. The van der Waals surface area contributed by atoms with Crippen molar-refractivity contribution < 1.29 is 30.4 Å². The second-order valence-electron chi connectivity index (χ2n) is 10.0. The van der Waals surface area contributed by atoms with E-state index in [1.165, 1.54) is 53.8 Å². The van der Waals surface area contributed by atoms with Gasteiger partial charge in [-0.05, 0) is 80.1 Å². The highest BCUT2D eigenvalue weighted by molar-refractivity contribution is 7.93. The molecule has 3 unspecified atom stereocenters. The molecule has 0 fully saturated rings. The van der Waals surface area contributed by atoms with E-state index in [2.05, 4.69) is 5.32 Å². The van der Waals surface area contributed by atoms with Gasteiger partial charge in [0.25, 0.3) is 5.00 Å². The van der Waals surface area contributed by atoms with Gasteiger partial charge in [-0.3, -0.25) is 5.32 Å². The molecule has 0 spiro atoms. The van der Waals surface area contributed by atoms with E-state index in [1.807, 2.05) is 0 Å². The van der Waals surface area contributed by atoms with Gasteiger partial charge in [0.15, 0.2) is 0 Å². The number of sulfone groups is 1. The van der Waals surface area contributed by atoms with Crippen LogP contribution in [0.15, 0.2) is 101 Å². The number of benzene rings is 3. The Labute approximate surface area is 271 Å². The van der Waals surface area contributed by atoms with Crippen LogP contribution in [-0.2, 0) is 19.9 Å². The molecule has 1 aliphatic rings. The Morgan fingerprint density at radius 1 is 0.977 bits per heavy atom. The molecule has 7 nitrogen and oxygen atoms in total. The standard InChI is InChI=1S/C30H29Cl3F2N2O5S2/c1-20(36-29-18-22(34)14-15-30(29,35)43(38,39)23-10-8-21(31)9-11-23)25-6-3-4-7-28(25)42-17-5-16-37(2)44(40,41)24-12-13-26(32)27(33)19-24/h3-4,6-15,18-20,29,36H,5,16-17H2,1-2H3. The molecule has 0 aromatic heterocycles. The molecular weight excluding hydrogens is 677 g/mol. The molecule has 14 heteroatoms. The minimum Gasteiger partial charge on any atom is -0.493 e. The molecule has 0 saturated carbocycles. The molecule has 0 radical (unpaired) electrons.